The zero-order valence-electron chi connectivity index (χ0n) is 29.2. The Morgan fingerprint density at radius 2 is 1.63 bits per heavy atom. The van der Waals surface area contributed by atoms with Gasteiger partial charge in [-0.15, -0.1) is 0 Å². The lowest BCUT2D eigenvalue weighted by atomic mass is 9.91. The smallest absolute Gasteiger partial charge is 0.410 e. The Morgan fingerprint density at radius 3 is 2.29 bits per heavy atom. The van der Waals surface area contributed by atoms with E-state index in [1.807, 2.05) is 29.2 Å². The van der Waals surface area contributed by atoms with Gasteiger partial charge in [0.15, 0.2) is 6.10 Å². The van der Waals surface area contributed by atoms with Crippen LogP contribution in [-0.4, -0.2) is 147 Å². The molecule has 0 spiro atoms. The Morgan fingerprint density at radius 1 is 0.980 bits per heavy atom. The molecule has 0 radical (unpaired) electrons. The van der Waals surface area contributed by atoms with Gasteiger partial charge in [0.2, 0.25) is 0 Å². The molecule has 4 heterocycles. The predicted molar refractivity (Wildman–Crippen MR) is 199 cm³/mol. The zero-order chi connectivity index (χ0) is 36.3. The highest BCUT2D eigenvalue weighted by Crippen LogP contribution is 2.27. The summed E-state index contributed by atoms with van der Waals surface area (Å²) < 4.78 is 34.8. The van der Waals surface area contributed by atoms with Crippen LogP contribution in [0.1, 0.15) is 36.8 Å². The third kappa shape index (κ3) is 8.65. The number of amides is 4. The van der Waals surface area contributed by atoms with Gasteiger partial charge in [0.1, 0.15) is 13.6 Å². The lowest BCUT2D eigenvalue weighted by Crippen LogP contribution is -2.56. The second-order valence-corrected chi connectivity index (χ2v) is 16.5. The molecule has 4 amide bonds. The third-order valence-electron chi connectivity index (χ3n) is 10.7. The van der Waals surface area contributed by atoms with Gasteiger partial charge in [0, 0.05) is 90.1 Å². The predicted octanol–water partition coefficient (Wildman–Crippen LogP) is 1.09. The van der Waals surface area contributed by atoms with Crippen molar-refractivity contribution in [1.29, 1.82) is 0 Å². The second kappa shape index (κ2) is 16.1. The van der Waals surface area contributed by atoms with Crippen LogP contribution in [0, 0.1) is 0 Å². The number of halogens is 1. The van der Waals surface area contributed by atoms with Crippen LogP contribution < -0.4 is 15.5 Å². The SMILES string of the molecule is Bc1cc(C[C@@H](OC(=O)N2CCC(N3CCc4ccccc4NC3=O)CC2)C(=O)N2CCC(N3CCN(S(=O)(=O)NC)CC3)CC2)cc(Br)c1O. The number of fused-ring (bicyclic) bond motifs is 1. The van der Waals surface area contributed by atoms with Gasteiger partial charge in [0.05, 0.1) is 4.47 Å². The molecule has 0 aliphatic carbocycles. The number of nitrogens with one attached hydrogen (secondary N) is 2. The largest absolute Gasteiger partial charge is 0.507 e. The number of piperazine rings is 1. The first kappa shape index (κ1) is 37.4. The van der Waals surface area contributed by atoms with Crippen molar-refractivity contribution in [3.63, 3.8) is 0 Å². The molecule has 4 aliphatic rings. The maximum Gasteiger partial charge on any atom is 0.410 e. The van der Waals surface area contributed by atoms with Crippen molar-refractivity contribution >= 4 is 63.2 Å². The molecule has 6 rings (SSSR count). The molecule has 1 atom stereocenters. The van der Waals surface area contributed by atoms with E-state index in [4.69, 9.17) is 4.74 Å². The molecule has 0 saturated carbocycles. The summed E-state index contributed by atoms with van der Waals surface area (Å²) in [5.41, 5.74) is 3.33. The summed E-state index contributed by atoms with van der Waals surface area (Å²) in [4.78, 5) is 48.4. The first-order chi connectivity index (χ1) is 24.4. The number of nitrogens with zero attached hydrogens (tertiary/aromatic N) is 5. The number of carbonyl (C=O) groups is 3. The van der Waals surface area contributed by atoms with E-state index >= 15 is 0 Å². The van der Waals surface area contributed by atoms with E-state index in [-0.39, 0.29) is 36.2 Å². The van der Waals surface area contributed by atoms with E-state index in [0.29, 0.717) is 81.7 Å². The fraction of sp³-hybridized carbons (Fsp3) is 0.559. The number of likely N-dealkylation sites (tertiary alicyclic amines) is 2. The number of carbonyl (C=O) groups excluding carboxylic acids is 3. The fourth-order valence-electron chi connectivity index (χ4n) is 7.71. The lowest BCUT2D eigenvalue weighted by Gasteiger charge is -2.42. The van der Waals surface area contributed by atoms with Gasteiger partial charge in [-0.3, -0.25) is 9.69 Å². The quantitative estimate of drug-likeness (QED) is 0.336. The Balaban J connectivity index is 1.07. The van der Waals surface area contributed by atoms with Gasteiger partial charge < -0.3 is 29.9 Å². The zero-order valence-corrected chi connectivity index (χ0v) is 31.6. The molecule has 0 bridgehead atoms. The van der Waals surface area contributed by atoms with Gasteiger partial charge in [0.25, 0.3) is 16.1 Å². The highest BCUT2D eigenvalue weighted by atomic mass is 79.9. The van der Waals surface area contributed by atoms with Crippen LogP contribution in [0.3, 0.4) is 0 Å². The summed E-state index contributed by atoms with van der Waals surface area (Å²) in [6, 6.07) is 11.4. The molecular weight excluding hydrogens is 741 g/mol. The molecule has 51 heavy (non-hydrogen) atoms. The third-order valence-corrected chi connectivity index (χ3v) is 12.9. The van der Waals surface area contributed by atoms with Crippen molar-refractivity contribution in [2.45, 2.75) is 56.7 Å². The minimum atomic E-state index is -3.45. The van der Waals surface area contributed by atoms with Crippen LogP contribution in [0.25, 0.3) is 0 Å². The van der Waals surface area contributed by atoms with Crippen molar-refractivity contribution in [2.24, 2.45) is 0 Å². The molecule has 2 aromatic rings. The highest BCUT2D eigenvalue weighted by molar-refractivity contribution is 9.10. The van der Waals surface area contributed by atoms with Gasteiger partial charge in [-0.1, -0.05) is 24.3 Å². The lowest BCUT2D eigenvalue weighted by molar-refractivity contribution is -0.142. The molecule has 0 aromatic heterocycles. The van der Waals surface area contributed by atoms with Crippen molar-refractivity contribution in [3.05, 3.63) is 52.0 Å². The second-order valence-electron chi connectivity index (χ2n) is 13.8. The van der Waals surface area contributed by atoms with Crippen molar-refractivity contribution in [2.75, 3.05) is 71.3 Å². The van der Waals surface area contributed by atoms with Crippen LogP contribution in [0.4, 0.5) is 15.3 Å². The normalized spacial score (nSPS) is 20.7. The molecule has 3 saturated heterocycles. The van der Waals surface area contributed by atoms with Crippen LogP contribution in [-0.2, 0) is 32.6 Å². The first-order valence-electron chi connectivity index (χ1n) is 17.7. The number of urea groups is 1. The number of aromatic hydroxyl groups is 1. The Kier molecular flexibility index (Phi) is 11.8. The molecule has 4 aliphatic heterocycles. The van der Waals surface area contributed by atoms with E-state index in [1.54, 1.807) is 29.8 Å². The van der Waals surface area contributed by atoms with E-state index in [2.05, 4.69) is 30.9 Å². The average Bonchev–Trinajstić information content (AvgIpc) is 3.31. The first-order valence-corrected chi connectivity index (χ1v) is 20.0. The molecule has 0 unspecified atom stereocenters. The molecular formula is C34H47BBrN7O7S. The minimum absolute atomic E-state index is 0.0184. The number of ether oxygens (including phenoxy) is 1. The van der Waals surface area contributed by atoms with Gasteiger partial charge in [-0.2, -0.15) is 12.7 Å². The number of para-hydroxylation sites is 1. The van der Waals surface area contributed by atoms with Crippen LogP contribution in [0.5, 0.6) is 5.75 Å². The fourth-order valence-corrected chi connectivity index (χ4v) is 9.22. The maximum atomic E-state index is 14.1. The van der Waals surface area contributed by atoms with Crippen molar-refractivity contribution in [3.8, 4) is 5.75 Å². The number of piperidine rings is 2. The number of phenolic OH excluding ortho intramolecular Hbond substituents is 1. The molecule has 276 valence electrons. The van der Waals surface area contributed by atoms with E-state index < -0.39 is 22.4 Å². The monoisotopic (exact) mass is 787 g/mol. The van der Waals surface area contributed by atoms with E-state index in [9.17, 15) is 27.9 Å². The number of benzene rings is 2. The highest BCUT2D eigenvalue weighted by Gasteiger charge is 2.37. The molecule has 17 heteroatoms. The summed E-state index contributed by atoms with van der Waals surface area (Å²) in [6.45, 7) is 4.48. The number of hydrogen-bond donors (Lipinski definition) is 3. The van der Waals surface area contributed by atoms with E-state index in [1.165, 1.54) is 11.4 Å². The number of phenols is 1. The number of anilines is 1. The van der Waals surface area contributed by atoms with Crippen LogP contribution >= 0.6 is 15.9 Å². The number of rotatable bonds is 8. The topological polar surface area (TPSA) is 155 Å². The van der Waals surface area contributed by atoms with Gasteiger partial charge >= 0.3 is 12.1 Å². The Hall–Kier alpha value is -3.38. The van der Waals surface area contributed by atoms with Crippen molar-refractivity contribution < 1.29 is 32.6 Å². The van der Waals surface area contributed by atoms with Crippen molar-refractivity contribution in [1.82, 2.24) is 28.6 Å². The summed E-state index contributed by atoms with van der Waals surface area (Å²) in [5, 5.41) is 13.3. The van der Waals surface area contributed by atoms with Crippen LogP contribution in [0.15, 0.2) is 40.9 Å². The Bertz CT molecular complexity index is 1690. The number of hydrogen-bond acceptors (Lipinski definition) is 8. The van der Waals surface area contributed by atoms with Gasteiger partial charge in [-0.05, 0) is 76.8 Å². The van der Waals surface area contributed by atoms with E-state index in [0.717, 1.165) is 36.1 Å². The molecule has 3 N–H and O–H groups in total. The van der Waals surface area contributed by atoms with Crippen LogP contribution in [0.2, 0.25) is 0 Å². The molecule has 3 fully saturated rings. The standard InChI is InChI=1S/C34H47BBrN7O7S/c1-37-51(48,49)42-18-16-39(17-19-42)25-7-11-40(12-8-25)32(45)30(22-23-20-27(35)31(44)28(36)21-23)50-34(47)41-13-9-26(10-14-41)43-15-6-24-4-2-3-5-29(24)38-33(43)46/h2-5,20-21,25-26,30,37,44H,6-19,22,35H2,1H3,(H,38,46)/t30-/m1/s1. The summed E-state index contributed by atoms with van der Waals surface area (Å²) in [6.07, 6.45) is 1.95. The van der Waals surface area contributed by atoms with Gasteiger partial charge in [-0.25, -0.2) is 14.3 Å². The average molecular weight is 789 g/mol. The molecule has 2 aromatic carbocycles. The Labute approximate surface area is 309 Å². The molecule has 14 nitrogen and oxygen atoms in total. The summed E-state index contributed by atoms with van der Waals surface area (Å²) in [7, 11) is -0.261. The summed E-state index contributed by atoms with van der Waals surface area (Å²) >= 11 is 3.39. The minimum Gasteiger partial charge on any atom is -0.507 e. The summed E-state index contributed by atoms with van der Waals surface area (Å²) in [5.74, 6) is -0.140. The maximum absolute atomic E-state index is 14.1.